The molecular formula is C13H21N3O. The molecule has 17 heavy (non-hydrogen) atoms. The summed E-state index contributed by atoms with van der Waals surface area (Å²) in [5.41, 5.74) is 1.03. The molecule has 0 unspecified atom stereocenters. The van der Waals surface area contributed by atoms with Crippen LogP contribution in [0.5, 0.6) is 0 Å². The molecule has 1 aliphatic rings. The number of aromatic nitrogens is 2. The summed E-state index contributed by atoms with van der Waals surface area (Å²) >= 11 is 0. The summed E-state index contributed by atoms with van der Waals surface area (Å²) in [4.78, 5) is 12.0. The summed E-state index contributed by atoms with van der Waals surface area (Å²) in [7, 11) is 0. The van der Waals surface area contributed by atoms with Gasteiger partial charge < -0.3 is 5.32 Å². The van der Waals surface area contributed by atoms with E-state index in [-0.39, 0.29) is 11.8 Å². The van der Waals surface area contributed by atoms with Crippen LogP contribution in [0.25, 0.3) is 0 Å². The van der Waals surface area contributed by atoms with Gasteiger partial charge in [0.2, 0.25) is 5.91 Å². The number of H-pyrrole nitrogens is 1. The van der Waals surface area contributed by atoms with Gasteiger partial charge in [-0.15, -0.1) is 0 Å². The van der Waals surface area contributed by atoms with Crippen LogP contribution in [0.1, 0.15) is 50.5 Å². The molecule has 0 bridgehead atoms. The van der Waals surface area contributed by atoms with Crippen LogP contribution >= 0.6 is 0 Å². The van der Waals surface area contributed by atoms with Crippen molar-refractivity contribution in [3.05, 3.63) is 18.0 Å². The van der Waals surface area contributed by atoms with Crippen LogP contribution in [0.2, 0.25) is 0 Å². The molecule has 94 valence electrons. The Morgan fingerprint density at radius 2 is 2.00 bits per heavy atom. The van der Waals surface area contributed by atoms with E-state index in [2.05, 4.69) is 15.5 Å². The van der Waals surface area contributed by atoms with Gasteiger partial charge in [0.1, 0.15) is 0 Å². The maximum absolute atomic E-state index is 12.0. The second-order valence-corrected chi connectivity index (χ2v) is 4.87. The molecule has 4 nitrogen and oxygen atoms in total. The average Bonchev–Trinajstić information content (AvgIpc) is 2.78. The standard InChI is InChI=1S/C13H21N3O/c17-13(14-8-11-9-15-16-10-11)12-6-4-2-1-3-5-7-12/h9-10,12H,1-8H2,(H,14,17)(H,15,16). The van der Waals surface area contributed by atoms with Gasteiger partial charge in [0.05, 0.1) is 6.20 Å². The molecule has 2 N–H and O–H groups in total. The first-order valence-electron chi connectivity index (χ1n) is 6.61. The molecule has 0 radical (unpaired) electrons. The number of hydrogen-bond acceptors (Lipinski definition) is 2. The first-order valence-corrected chi connectivity index (χ1v) is 6.61. The van der Waals surface area contributed by atoms with Crippen LogP contribution < -0.4 is 5.32 Å². The van der Waals surface area contributed by atoms with E-state index in [4.69, 9.17) is 0 Å². The zero-order valence-electron chi connectivity index (χ0n) is 10.2. The molecule has 4 heteroatoms. The van der Waals surface area contributed by atoms with Gasteiger partial charge in [-0.1, -0.05) is 32.1 Å². The topological polar surface area (TPSA) is 57.8 Å². The van der Waals surface area contributed by atoms with Crippen molar-refractivity contribution >= 4 is 5.91 Å². The van der Waals surface area contributed by atoms with Crippen LogP contribution in [0.4, 0.5) is 0 Å². The van der Waals surface area contributed by atoms with Gasteiger partial charge in [-0.2, -0.15) is 5.10 Å². The van der Waals surface area contributed by atoms with Crippen LogP contribution in [-0.4, -0.2) is 16.1 Å². The monoisotopic (exact) mass is 235 g/mol. The SMILES string of the molecule is O=C(NCc1cn[nH]c1)C1CCCCCCC1. The van der Waals surface area contributed by atoms with E-state index in [9.17, 15) is 4.79 Å². The molecule has 2 rings (SSSR count). The second kappa shape index (κ2) is 6.42. The van der Waals surface area contributed by atoms with Crippen molar-refractivity contribution < 1.29 is 4.79 Å². The maximum atomic E-state index is 12.0. The summed E-state index contributed by atoms with van der Waals surface area (Å²) in [5, 5.41) is 9.62. The van der Waals surface area contributed by atoms with Crippen LogP contribution in [0.15, 0.2) is 12.4 Å². The van der Waals surface area contributed by atoms with Gasteiger partial charge in [-0.05, 0) is 12.8 Å². The molecule has 0 aromatic carbocycles. The van der Waals surface area contributed by atoms with Crippen molar-refractivity contribution in [3.8, 4) is 0 Å². The van der Waals surface area contributed by atoms with E-state index in [0.717, 1.165) is 18.4 Å². The Morgan fingerprint density at radius 3 is 2.65 bits per heavy atom. The third kappa shape index (κ3) is 3.88. The minimum Gasteiger partial charge on any atom is -0.352 e. The van der Waals surface area contributed by atoms with Gasteiger partial charge >= 0.3 is 0 Å². The summed E-state index contributed by atoms with van der Waals surface area (Å²) in [6.07, 6.45) is 12.0. The minimum absolute atomic E-state index is 0.216. The number of nitrogens with one attached hydrogen (secondary N) is 2. The lowest BCUT2D eigenvalue weighted by atomic mass is 9.90. The predicted octanol–water partition coefficient (Wildman–Crippen LogP) is 2.39. The first kappa shape index (κ1) is 12.1. The summed E-state index contributed by atoms with van der Waals surface area (Å²) in [5.74, 6) is 0.440. The molecule has 1 amide bonds. The van der Waals surface area contributed by atoms with E-state index in [1.807, 2.05) is 6.20 Å². The highest BCUT2D eigenvalue weighted by atomic mass is 16.1. The van der Waals surface area contributed by atoms with E-state index in [1.54, 1.807) is 6.20 Å². The Kier molecular flexibility index (Phi) is 4.59. The van der Waals surface area contributed by atoms with Crippen molar-refractivity contribution in [2.45, 2.75) is 51.5 Å². The van der Waals surface area contributed by atoms with Crippen LogP contribution in [0.3, 0.4) is 0 Å². The van der Waals surface area contributed by atoms with E-state index >= 15 is 0 Å². The smallest absolute Gasteiger partial charge is 0.223 e. The molecule has 1 aromatic rings. The highest BCUT2D eigenvalue weighted by molar-refractivity contribution is 5.78. The second-order valence-electron chi connectivity index (χ2n) is 4.87. The average molecular weight is 235 g/mol. The molecule has 1 aliphatic carbocycles. The molecule has 1 saturated carbocycles. The van der Waals surface area contributed by atoms with Crippen molar-refractivity contribution in [2.75, 3.05) is 0 Å². The highest BCUT2D eigenvalue weighted by Crippen LogP contribution is 2.22. The Bertz CT molecular complexity index is 326. The number of hydrogen-bond donors (Lipinski definition) is 2. The number of amides is 1. The van der Waals surface area contributed by atoms with Crippen molar-refractivity contribution in [3.63, 3.8) is 0 Å². The third-order valence-corrected chi connectivity index (χ3v) is 3.50. The fourth-order valence-electron chi connectivity index (χ4n) is 2.43. The summed E-state index contributed by atoms with van der Waals surface area (Å²) in [6.45, 7) is 0.589. The Hall–Kier alpha value is -1.32. The molecular weight excluding hydrogens is 214 g/mol. The largest absolute Gasteiger partial charge is 0.352 e. The lowest BCUT2D eigenvalue weighted by Crippen LogP contribution is -2.30. The number of rotatable bonds is 3. The number of nitrogens with zero attached hydrogens (tertiary/aromatic N) is 1. The van der Waals surface area contributed by atoms with Gasteiger partial charge in [-0.25, -0.2) is 0 Å². The predicted molar refractivity (Wildman–Crippen MR) is 66.2 cm³/mol. The molecule has 1 aromatic heterocycles. The number of carbonyl (C=O) groups is 1. The fourth-order valence-corrected chi connectivity index (χ4v) is 2.43. The number of aromatic amines is 1. The van der Waals surface area contributed by atoms with Crippen molar-refractivity contribution in [1.29, 1.82) is 0 Å². The molecule has 1 fully saturated rings. The first-order chi connectivity index (χ1) is 8.36. The van der Waals surface area contributed by atoms with Crippen molar-refractivity contribution in [1.82, 2.24) is 15.5 Å². The number of carbonyl (C=O) groups excluding carboxylic acids is 1. The summed E-state index contributed by atoms with van der Waals surface area (Å²) < 4.78 is 0. The molecule has 1 heterocycles. The lowest BCUT2D eigenvalue weighted by Gasteiger charge is -2.18. The Balaban J connectivity index is 1.77. The van der Waals surface area contributed by atoms with Crippen LogP contribution in [0, 0.1) is 5.92 Å². The quantitative estimate of drug-likeness (QED) is 0.845. The zero-order valence-corrected chi connectivity index (χ0v) is 10.2. The highest BCUT2D eigenvalue weighted by Gasteiger charge is 2.18. The van der Waals surface area contributed by atoms with E-state index in [1.165, 1.54) is 32.1 Å². The Morgan fingerprint density at radius 1 is 1.29 bits per heavy atom. The van der Waals surface area contributed by atoms with Gasteiger partial charge in [0.25, 0.3) is 0 Å². The minimum atomic E-state index is 0.216. The fraction of sp³-hybridized carbons (Fsp3) is 0.692. The molecule has 0 aliphatic heterocycles. The van der Waals surface area contributed by atoms with E-state index in [0.29, 0.717) is 6.54 Å². The summed E-state index contributed by atoms with van der Waals surface area (Å²) in [6, 6.07) is 0. The lowest BCUT2D eigenvalue weighted by molar-refractivity contribution is -0.125. The van der Waals surface area contributed by atoms with Crippen molar-refractivity contribution in [2.24, 2.45) is 5.92 Å². The Labute approximate surface area is 102 Å². The van der Waals surface area contributed by atoms with Gasteiger partial charge in [0.15, 0.2) is 0 Å². The third-order valence-electron chi connectivity index (χ3n) is 3.50. The zero-order chi connectivity index (χ0) is 11.9. The van der Waals surface area contributed by atoms with Gasteiger partial charge in [0, 0.05) is 24.2 Å². The van der Waals surface area contributed by atoms with Crippen LogP contribution in [-0.2, 0) is 11.3 Å². The maximum Gasteiger partial charge on any atom is 0.223 e. The molecule has 0 spiro atoms. The molecule has 0 saturated heterocycles. The molecule has 0 atom stereocenters. The normalized spacial score (nSPS) is 18.4. The van der Waals surface area contributed by atoms with E-state index < -0.39 is 0 Å². The van der Waals surface area contributed by atoms with Gasteiger partial charge in [-0.3, -0.25) is 9.89 Å².